The van der Waals surface area contributed by atoms with Gasteiger partial charge in [0.05, 0.1) is 47.0 Å². The predicted octanol–water partition coefficient (Wildman–Crippen LogP) is 4.93. The SMILES string of the molecule is CC1CCC(Cn2c(N3C(C)COCC3C)nc3cc(-c4n[nH]c(=O)o4)nc(-c4cncc(Cl)c4)c32)CC1. The minimum Gasteiger partial charge on any atom is -0.386 e. The third kappa shape index (κ3) is 4.71. The molecule has 11 heteroatoms. The molecule has 2 aliphatic rings. The molecule has 200 valence electrons. The van der Waals surface area contributed by atoms with Crippen LogP contribution < -0.4 is 10.7 Å². The molecule has 4 aromatic rings. The normalized spacial score (nSPS) is 24.3. The van der Waals surface area contributed by atoms with E-state index in [-0.39, 0.29) is 18.0 Å². The lowest BCUT2D eigenvalue weighted by Crippen LogP contribution is -2.51. The number of fused-ring (bicyclic) bond motifs is 1. The van der Waals surface area contributed by atoms with E-state index in [0.717, 1.165) is 35.0 Å². The van der Waals surface area contributed by atoms with E-state index in [2.05, 4.69) is 45.4 Å². The number of ether oxygens (including phenoxy) is 1. The highest BCUT2D eigenvalue weighted by Crippen LogP contribution is 2.38. The summed E-state index contributed by atoms with van der Waals surface area (Å²) in [5, 5.41) is 6.86. The van der Waals surface area contributed by atoms with Crippen molar-refractivity contribution in [1.82, 2.24) is 29.7 Å². The van der Waals surface area contributed by atoms with E-state index < -0.39 is 5.76 Å². The Balaban J connectivity index is 1.59. The number of aromatic nitrogens is 6. The van der Waals surface area contributed by atoms with Crippen molar-refractivity contribution >= 4 is 28.6 Å². The van der Waals surface area contributed by atoms with Crippen LogP contribution in [0.4, 0.5) is 5.95 Å². The van der Waals surface area contributed by atoms with Crippen molar-refractivity contribution < 1.29 is 9.15 Å². The number of aromatic amines is 1. The topological polar surface area (TPSA) is 115 Å². The van der Waals surface area contributed by atoms with Crippen molar-refractivity contribution in [3.8, 4) is 22.8 Å². The molecule has 10 nitrogen and oxygen atoms in total. The summed E-state index contributed by atoms with van der Waals surface area (Å²) < 4.78 is 13.4. The third-order valence-electron chi connectivity index (χ3n) is 7.81. The van der Waals surface area contributed by atoms with E-state index in [9.17, 15) is 4.79 Å². The molecule has 2 atom stereocenters. The van der Waals surface area contributed by atoms with Gasteiger partial charge < -0.3 is 18.6 Å². The van der Waals surface area contributed by atoms with E-state index in [1.54, 1.807) is 12.4 Å². The Hall–Kier alpha value is -3.24. The summed E-state index contributed by atoms with van der Waals surface area (Å²) in [6.45, 7) is 8.81. The average Bonchev–Trinajstić information content (AvgIpc) is 3.48. The predicted molar refractivity (Wildman–Crippen MR) is 145 cm³/mol. The molecule has 2 unspecified atom stereocenters. The molecule has 0 radical (unpaired) electrons. The van der Waals surface area contributed by atoms with Crippen LogP contribution in [0.5, 0.6) is 0 Å². The van der Waals surface area contributed by atoms with Gasteiger partial charge in [-0.15, -0.1) is 5.10 Å². The molecule has 0 bridgehead atoms. The first-order chi connectivity index (χ1) is 18.4. The number of morpholine rings is 1. The van der Waals surface area contributed by atoms with Crippen LogP contribution in [0, 0.1) is 11.8 Å². The lowest BCUT2D eigenvalue weighted by molar-refractivity contribution is 0.0741. The van der Waals surface area contributed by atoms with Crippen LogP contribution in [0.25, 0.3) is 33.9 Å². The zero-order valence-corrected chi connectivity index (χ0v) is 22.6. The van der Waals surface area contributed by atoms with Crippen LogP contribution in [-0.2, 0) is 11.3 Å². The monoisotopic (exact) mass is 537 g/mol. The van der Waals surface area contributed by atoms with Gasteiger partial charge in [-0.1, -0.05) is 31.4 Å². The quantitative estimate of drug-likeness (QED) is 0.381. The summed E-state index contributed by atoms with van der Waals surface area (Å²) in [5.74, 6) is 1.69. The molecule has 1 aliphatic heterocycles. The maximum atomic E-state index is 11.7. The highest BCUT2D eigenvalue weighted by molar-refractivity contribution is 6.30. The largest absolute Gasteiger partial charge is 0.434 e. The summed E-state index contributed by atoms with van der Waals surface area (Å²) in [5.41, 5.74) is 3.51. The minimum atomic E-state index is -0.637. The van der Waals surface area contributed by atoms with Gasteiger partial charge in [0.1, 0.15) is 5.69 Å². The van der Waals surface area contributed by atoms with E-state index in [1.807, 2.05) is 12.1 Å². The highest BCUT2D eigenvalue weighted by atomic mass is 35.5. The molecule has 1 saturated heterocycles. The molecule has 1 N–H and O–H groups in total. The molecule has 0 spiro atoms. The van der Waals surface area contributed by atoms with Crippen LogP contribution in [0.15, 0.2) is 33.7 Å². The maximum Gasteiger partial charge on any atom is 0.434 e. The second-order valence-corrected chi connectivity index (χ2v) is 11.3. The fourth-order valence-electron chi connectivity index (χ4n) is 5.87. The Morgan fingerprint density at radius 1 is 1.05 bits per heavy atom. The van der Waals surface area contributed by atoms with Gasteiger partial charge in [0.15, 0.2) is 0 Å². The lowest BCUT2D eigenvalue weighted by atomic mass is 9.83. The van der Waals surface area contributed by atoms with Crippen molar-refractivity contribution in [3.05, 3.63) is 40.1 Å². The number of hydrogen-bond acceptors (Lipinski definition) is 8. The average molecular weight is 538 g/mol. The van der Waals surface area contributed by atoms with Gasteiger partial charge in [-0.05, 0) is 50.7 Å². The van der Waals surface area contributed by atoms with Crippen LogP contribution in [0.3, 0.4) is 0 Å². The number of pyridine rings is 2. The zero-order chi connectivity index (χ0) is 26.4. The third-order valence-corrected chi connectivity index (χ3v) is 8.02. The van der Waals surface area contributed by atoms with Crippen LogP contribution >= 0.6 is 11.6 Å². The summed E-state index contributed by atoms with van der Waals surface area (Å²) in [6.07, 6.45) is 8.20. The number of anilines is 1. The molecule has 5 heterocycles. The summed E-state index contributed by atoms with van der Waals surface area (Å²) in [7, 11) is 0. The fraction of sp³-hybridized carbons (Fsp3) is 0.519. The van der Waals surface area contributed by atoms with Crippen molar-refractivity contribution in [2.75, 3.05) is 18.1 Å². The summed E-state index contributed by atoms with van der Waals surface area (Å²) in [4.78, 5) is 28.6. The molecule has 6 rings (SSSR count). The van der Waals surface area contributed by atoms with Crippen molar-refractivity contribution in [3.63, 3.8) is 0 Å². The Morgan fingerprint density at radius 3 is 2.50 bits per heavy atom. The molecule has 2 fully saturated rings. The van der Waals surface area contributed by atoms with Gasteiger partial charge >= 0.3 is 5.76 Å². The summed E-state index contributed by atoms with van der Waals surface area (Å²) in [6, 6.07) is 4.01. The van der Waals surface area contributed by atoms with Gasteiger partial charge in [0.25, 0.3) is 5.89 Å². The van der Waals surface area contributed by atoms with E-state index in [1.165, 1.54) is 25.7 Å². The molecule has 4 aromatic heterocycles. The van der Waals surface area contributed by atoms with Gasteiger partial charge in [-0.3, -0.25) is 4.98 Å². The van der Waals surface area contributed by atoms with Crippen molar-refractivity contribution in [2.24, 2.45) is 11.8 Å². The highest BCUT2D eigenvalue weighted by Gasteiger charge is 2.32. The van der Waals surface area contributed by atoms with E-state index in [4.69, 9.17) is 30.7 Å². The van der Waals surface area contributed by atoms with Gasteiger partial charge in [0.2, 0.25) is 5.95 Å². The summed E-state index contributed by atoms with van der Waals surface area (Å²) >= 11 is 6.37. The second kappa shape index (κ2) is 10.1. The van der Waals surface area contributed by atoms with E-state index in [0.29, 0.717) is 35.5 Å². The Labute approximate surface area is 225 Å². The molecule has 0 amide bonds. The fourth-order valence-corrected chi connectivity index (χ4v) is 6.05. The van der Waals surface area contributed by atoms with Crippen molar-refractivity contribution in [1.29, 1.82) is 0 Å². The Bertz CT molecular complexity index is 1490. The van der Waals surface area contributed by atoms with Gasteiger partial charge in [-0.2, -0.15) is 0 Å². The number of H-pyrrole nitrogens is 1. The first-order valence-electron chi connectivity index (χ1n) is 13.3. The van der Waals surface area contributed by atoms with Crippen molar-refractivity contribution in [2.45, 2.75) is 65.1 Å². The lowest BCUT2D eigenvalue weighted by Gasteiger charge is -2.40. The standard InChI is InChI=1S/C27H32ClN7O3/c1-15-4-6-18(7-5-15)12-34-24-21(31-26(34)35-16(2)13-37-14-17(35)3)9-22(25-32-33-27(36)38-25)30-23(24)19-8-20(28)11-29-10-19/h8-11,15-18H,4-7,12-14H2,1-3H3,(H,33,36). The number of hydrogen-bond donors (Lipinski definition) is 1. The molecule has 0 aromatic carbocycles. The molecule has 1 saturated carbocycles. The first-order valence-corrected chi connectivity index (χ1v) is 13.7. The van der Waals surface area contributed by atoms with Gasteiger partial charge in [-0.25, -0.2) is 19.9 Å². The smallest absolute Gasteiger partial charge is 0.386 e. The number of halogens is 1. The van der Waals surface area contributed by atoms with E-state index >= 15 is 0 Å². The number of nitrogens with zero attached hydrogens (tertiary/aromatic N) is 6. The molecular weight excluding hydrogens is 506 g/mol. The number of nitrogens with one attached hydrogen (secondary N) is 1. The van der Waals surface area contributed by atoms with Crippen LogP contribution in [0.1, 0.15) is 46.5 Å². The minimum absolute atomic E-state index is 0.110. The van der Waals surface area contributed by atoms with Crippen LogP contribution in [0.2, 0.25) is 5.02 Å². The zero-order valence-electron chi connectivity index (χ0n) is 21.9. The molecular formula is C27H32ClN7O3. The maximum absolute atomic E-state index is 11.7. The Kier molecular flexibility index (Phi) is 6.69. The number of imidazole rings is 1. The molecule has 1 aliphatic carbocycles. The van der Waals surface area contributed by atoms with Gasteiger partial charge in [0, 0.05) is 24.5 Å². The second-order valence-electron chi connectivity index (χ2n) is 10.8. The van der Waals surface area contributed by atoms with Crippen LogP contribution in [-0.4, -0.2) is 55.0 Å². The first kappa shape index (κ1) is 25.1. The number of rotatable bonds is 5. The Morgan fingerprint density at radius 2 is 1.82 bits per heavy atom. The molecule has 38 heavy (non-hydrogen) atoms.